The zero-order valence-corrected chi connectivity index (χ0v) is 16.2. The molecule has 0 atom stereocenters. The summed E-state index contributed by atoms with van der Waals surface area (Å²) in [5, 5.41) is 4.26. The molecule has 1 N–H and O–H groups in total. The van der Waals surface area contributed by atoms with E-state index in [4.69, 9.17) is 23.2 Å². The summed E-state index contributed by atoms with van der Waals surface area (Å²) in [5.41, 5.74) is 3.26. The highest BCUT2D eigenvalue weighted by Gasteiger charge is 2.09. The number of nitrogens with one attached hydrogen (secondary N) is 1. The van der Waals surface area contributed by atoms with Crippen LogP contribution in [0.2, 0.25) is 10.0 Å². The van der Waals surface area contributed by atoms with Crippen molar-refractivity contribution in [2.24, 2.45) is 0 Å². The highest BCUT2D eigenvalue weighted by Crippen LogP contribution is 2.24. The van der Waals surface area contributed by atoms with Crippen molar-refractivity contribution >= 4 is 46.6 Å². The molecule has 0 aliphatic carbocycles. The summed E-state index contributed by atoms with van der Waals surface area (Å²) in [5.74, 6) is 0.00152. The van der Waals surface area contributed by atoms with Crippen LogP contribution in [0, 0.1) is 6.92 Å². The van der Waals surface area contributed by atoms with Gasteiger partial charge in [0.15, 0.2) is 5.16 Å². The molecular weight excluding hydrogens is 389 g/mol. The van der Waals surface area contributed by atoms with Gasteiger partial charge < -0.3 is 5.32 Å². The fraction of sp³-hybridized carbons (Fsp3) is 0.105. The van der Waals surface area contributed by atoms with Gasteiger partial charge in [0.25, 0.3) is 0 Å². The maximum atomic E-state index is 12.2. The van der Waals surface area contributed by atoms with Gasteiger partial charge in [-0.2, -0.15) is 0 Å². The summed E-state index contributed by atoms with van der Waals surface area (Å²) in [7, 11) is 0. The van der Waals surface area contributed by atoms with Crippen LogP contribution in [0.5, 0.6) is 0 Å². The summed E-state index contributed by atoms with van der Waals surface area (Å²) in [6.45, 7) is 1.91. The quantitative estimate of drug-likeness (QED) is 0.451. The summed E-state index contributed by atoms with van der Waals surface area (Å²) >= 11 is 13.2. The Morgan fingerprint density at radius 2 is 1.73 bits per heavy atom. The lowest BCUT2D eigenvalue weighted by molar-refractivity contribution is -0.113. The zero-order chi connectivity index (χ0) is 18.5. The first-order valence-electron chi connectivity index (χ1n) is 7.79. The van der Waals surface area contributed by atoms with Gasteiger partial charge in [0, 0.05) is 27.0 Å². The summed E-state index contributed by atoms with van der Waals surface area (Å²) < 4.78 is 0. The number of nitrogens with zero attached hydrogens (tertiary/aromatic N) is 2. The van der Waals surface area contributed by atoms with E-state index in [0.717, 1.165) is 17.0 Å². The molecular formula is C19H15Cl2N3OS. The second-order valence-electron chi connectivity index (χ2n) is 5.54. The van der Waals surface area contributed by atoms with Gasteiger partial charge in [-0.05, 0) is 31.2 Å². The number of amides is 1. The molecule has 3 aromatic rings. The number of carbonyl (C=O) groups excluding carboxylic acids is 1. The Labute approximate surface area is 166 Å². The fourth-order valence-corrected chi connectivity index (χ4v) is 3.55. The lowest BCUT2D eigenvalue weighted by Gasteiger charge is -2.07. The van der Waals surface area contributed by atoms with E-state index in [0.29, 0.717) is 20.9 Å². The maximum Gasteiger partial charge on any atom is 0.234 e. The number of rotatable bonds is 5. The summed E-state index contributed by atoms with van der Waals surface area (Å²) in [6.07, 6.45) is 0. The molecule has 1 heterocycles. The first-order chi connectivity index (χ1) is 12.5. The lowest BCUT2D eigenvalue weighted by Crippen LogP contribution is -2.14. The van der Waals surface area contributed by atoms with Crippen LogP contribution in [0.4, 0.5) is 5.69 Å². The summed E-state index contributed by atoms with van der Waals surface area (Å²) in [4.78, 5) is 21.1. The van der Waals surface area contributed by atoms with Gasteiger partial charge in [0.05, 0.1) is 11.4 Å². The van der Waals surface area contributed by atoms with Crippen molar-refractivity contribution in [3.05, 3.63) is 70.3 Å². The highest BCUT2D eigenvalue weighted by molar-refractivity contribution is 7.99. The molecule has 7 heteroatoms. The van der Waals surface area contributed by atoms with Gasteiger partial charge in [0.2, 0.25) is 5.91 Å². The number of aromatic nitrogens is 2. The second-order valence-corrected chi connectivity index (χ2v) is 7.35. The van der Waals surface area contributed by atoms with Gasteiger partial charge in [0.1, 0.15) is 0 Å². The standard InChI is InChI=1S/C19H15Cl2N3OS/c1-12-7-17(13-5-3-2-4-6-13)24-19(22-12)26-11-18(25)23-16-9-14(20)8-15(21)10-16/h2-10H,11H2,1H3,(H,23,25). The molecule has 4 nitrogen and oxygen atoms in total. The summed E-state index contributed by atoms with van der Waals surface area (Å²) in [6, 6.07) is 16.7. The number of anilines is 1. The molecule has 0 bridgehead atoms. The van der Waals surface area contributed by atoms with E-state index in [-0.39, 0.29) is 11.7 Å². The molecule has 3 rings (SSSR count). The molecule has 0 radical (unpaired) electrons. The van der Waals surface area contributed by atoms with E-state index in [1.165, 1.54) is 11.8 Å². The largest absolute Gasteiger partial charge is 0.325 e. The van der Waals surface area contributed by atoms with Gasteiger partial charge in [-0.25, -0.2) is 9.97 Å². The Morgan fingerprint density at radius 1 is 1.04 bits per heavy atom. The molecule has 0 saturated heterocycles. The zero-order valence-electron chi connectivity index (χ0n) is 13.9. The van der Waals surface area contributed by atoms with Crippen molar-refractivity contribution in [1.82, 2.24) is 9.97 Å². The van der Waals surface area contributed by atoms with Crippen LogP contribution in [0.3, 0.4) is 0 Å². The van der Waals surface area contributed by atoms with Gasteiger partial charge in [-0.1, -0.05) is 65.3 Å². The Balaban J connectivity index is 1.67. The van der Waals surface area contributed by atoms with Crippen LogP contribution in [0.1, 0.15) is 5.69 Å². The number of halogens is 2. The molecule has 2 aromatic carbocycles. The number of thioether (sulfide) groups is 1. The van der Waals surface area contributed by atoms with Crippen molar-refractivity contribution in [1.29, 1.82) is 0 Å². The number of benzene rings is 2. The molecule has 0 fully saturated rings. The molecule has 0 aliphatic rings. The number of hydrogen-bond acceptors (Lipinski definition) is 4. The van der Waals surface area contributed by atoms with Crippen LogP contribution < -0.4 is 5.32 Å². The third kappa shape index (κ3) is 5.21. The molecule has 0 aliphatic heterocycles. The van der Waals surface area contributed by atoms with E-state index >= 15 is 0 Å². The van der Waals surface area contributed by atoms with E-state index < -0.39 is 0 Å². The Kier molecular flexibility index (Phi) is 6.14. The number of hydrogen-bond donors (Lipinski definition) is 1. The average molecular weight is 404 g/mol. The van der Waals surface area contributed by atoms with Crippen LogP contribution in [0.25, 0.3) is 11.3 Å². The molecule has 0 spiro atoms. The van der Waals surface area contributed by atoms with Crippen molar-refractivity contribution in [2.45, 2.75) is 12.1 Å². The van der Waals surface area contributed by atoms with Gasteiger partial charge in [-0.15, -0.1) is 0 Å². The smallest absolute Gasteiger partial charge is 0.234 e. The third-order valence-corrected chi connectivity index (χ3v) is 4.67. The monoisotopic (exact) mass is 403 g/mol. The van der Waals surface area contributed by atoms with Crippen LogP contribution in [-0.4, -0.2) is 21.6 Å². The number of aryl methyl sites for hydroxylation is 1. The third-order valence-electron chi connectivity index (χ3n) is 3.38. The molecule has 26 heavy (non-hydrogen) atoms. The molecule has 132 valence electrons. The molecule has 0 unspecified atom stereocenters. The fourth-order valence-electron chi connectivity index (χ4n) is 2.32. The van der Waals surface area contributed by atoms with E-state index in [1.54, 1.807) is 18.2 Å². The van der Waals surface area contributed by atoms with Crippen LogP contribution in [0.15, 0.2) is 59.8 Å². The molecule has 1 aromatic heterocycles. The van der Waals surface area contributed by atoms with E-state index in [9.17, 15) is 4.79 Å². The minimum absolute atomic E-state index is 0.181. The van der Waals surface area contributed by atoms with E-state index in [1.807, 2.05) is 43.3 Å². The van der Waals surface area contributed by atoms with Gasteiger partial charge >= 0.3 is 0 Å². The maximum absolute atomic E-state index is 12.2. The minimum atomic E-state index is -0.181. The Bertz CT molecular complexity index is 915. The second kappa shape index (κ2) is 8.54. The lowest BCUT2D eigenvalue weighted by atomic mass is 10.1. The number of carbonyl (C=O) groups is 1. The van der Waals surface area contributed by atoms with Gasteiger partial charge in [-0.3, -0.25) is 4.79 Å². The van der Waals surface area contributed by atoms with Crippen LogP contribution in [-0.2, 0) is 4.79 Å². The van der Waals surface area contributed by atoms with Crippen molar-refractivity contribution in [3.8, 4) is 11.3 Å². The first kappa shape index (κ1) is 18.7. The minimum Gasteiger partial charge on any atom is -0.325 e. The Hall–Kier alpha value is -2.08. The van der Waals surface area contributed by atoms with Crippen molar-refractivity contribution < 1.29 is 4.79 Å². The van der Waals surface area contributed by atoms with Crippen molar-refractivity contribution in [2.75, 3.05) is 11.1 Å². The van der Waals surface area contributed by atoms with E-state index in [2.05, 4.69) is 15.3 Å². The predicted octanol–water partition coefficient (Wildman–Crippen LogP) is 5.49. The normalized spacial score (nSPS) is 10.6. The average Bonchev–Trinajstić information content (AvgIpc) is 2.59. The Morgan fingerprint density at radius 3 is 2.42 bits per heavy atom. The SMILES string of the molecule is Cc1cc(-c2ccccc2)nc(SCC(=O)Nc2cc(Cl)cc(Cl)c2)n1. The topological polar surface area (TPSA) is 54.9 Å². The predicted molar refractivity (Wildman–Crippen MR) is 108 cm³/mol. The van der Waals surface area contributed by atoms with Crippen molar-refractivity contribution in [3.63, 3.8) is 0 Å². The highest BCUT2D eigenvalue weighted by atomic mass is 35.5. The van der Waals surface area contributed by atoms with Crippen LogP contribution >= 0.6 is 35.0 Å². The molecule has 0 saturated carbocycles. The first-order valence-corrected chi connectivity index (χ1v) is 9.53. The molecule has 1 amide bonds.